The van der Waals surface area contributed by atoms with Gasteiger partial charge in [0.2, 0.25) is 0 Å². The molecule has 1 heterocycles. The van der Waals surface area contributed by atoms with Crippen LogP contribution < -0.4 is 11.1 Å². The molecule has 4 rings (SSSR count). The summed E-state index contributed by atoms with van der Waals surface area (Å²) < 4.78 is 2.17. The maximum Gasteiger partial charge on any atom is 0.0878 e. The zero-order chi connectivity index (χ0) is 16.8. The fourth-order valence-corrected chi connectivity index (χ4v) is 3.27. The number of rotatable bonds is 1. The first-order chi connectivity index (χ1) is 11.5. The second-order valence-electron chi connectivity index (χ2n) is 6.52. The van der Waals surface area contributed by atoms with E-state index >= 15 is 0 Å². The number of nitrogens with two attached hydrogens (primary N) is 1. The summed E-state index contributed by atoms with van der Waals surface area (Å²) in [6, 6.07) is 14.1. The first-order valence-electron chi connectivity index (χ1n) is 8.18. The van der Waals surface area contributed by atoms with Crippen molar-refractivity contribution in [2.75, 3.05) is 0 Å². The van der Waals surface area contributed by atoms with E-state index in [0.717, 1.165) is 46.1 Å². The number of benzene rings is 2. The van der Waals surface area contributed by atoms with Crippen LogP contribution >= 0.6 is 0 Å². The van der Waals surface area contributed by atoms with E-state index in [1.807, 2.05) is 43.3 Å². The monoisotopic (exact) mass is 316 g/mol. The molecule has 1 atom stereocenters. The smallest absolute Gasteiger partial charge is 0.0878 e. The largest absolute Gasteiger partial charge is 0.402 e. The Kier molecular flexibility index (Phi) is 3.27. The zero-order valence-corrected chi connectivity index (χ0v) is 13.9. The van der Waals surface area contributed by atoms with Crippen molar-refractivity contribution in [2.45, 2.75) is 20.3 Å². The van der Waals surface area contributed by atoms with Crippen LogP contribution in [0.3, 0.4) is 0 Å². The number of nitrogens with one attached hydrogen (secondary N) is 1. The Morgan fingerprint density at radius 1 is 1.21 bits per heavy atom. The lowest BCUT2D eigenvalue weighted by atomic mass is 9.93. The highest BCUT2D eigenvalue weighted by atomic mass is 15.0. The standard InChI is InChI=1S/C20H20N4/c1-12-8-17-19(10-15(12)21)24(14-6-4-3-5-7-14)20-11-16(22)13(2)9-18(20)23-17/h3-8,10-11,13,21H,9,22H2,1-2H3. The second kappa shape index (κ2) is 5.34. The molecular weight excluding hydrogens is 296 g/mol. The molecule has 0 radical (unpaired) electrons. The van der Waals surface area contributed by atoms with E-state index in [1.54, 1.807) is 0 Å². The summed E-state index contributed by atoms with van der Waals surface area (Å²) in [6.07, 6.45) is 2.87. The van der Waals surface area contributed by atoms with Gasteiger partial charge in [-0.1, -0.05) is 25.1 Å². The lowest BCUT2D eigenvalue weighted by molar-refractivity contribution is 0.641. The Labute approximate surface area is 141 Å². The Balaban J connectivity index is 2.14. The van der Waals surface area contributed by atoms with E-state index in [-0.39, 0.29) is 0 Å². The molecule has 4 nitrogen and oxygen atoms in total. The third kappa shape index (κ3) is 2.22. The molecule has 3 aliphatic rings. The summed E-state index contributed by atoms with van der Waals surface area (Å²) in [4.78, 5) is 4.88. The molecule has 1 aromatic carbocycles. The molecule has 0 saturated heterocycles. The van der Waals surface area contributed by atoms with Crippen LogP contribution in [-0.2, 0) is 6.42 Å². The fourth-order valence-electron chi connectivity index (χ4n) is 3.27. The Hall–Kier alpha value is -2.88. The second-order valence-corrected chi connectivity index (χ2v) is 6.52. The van der Waals surface area contributed by atoms with Gasteiger partial charge in [0.05, 0.1) is 28.1 Å². The van der Waals surface area contributed by atoms with Crippen molar-refractivity contribution in [1.82, 2.24) is 9.55 Å². The summed E-state index contributed by atoms with van der Waals surface area (Å²) >= 11 is 0. The third-order valence-electron chi connectivity index (χ3n) is 4.74. The summed E-state index contributed by atoms with van der Waals surface area (Å²) in [5.41, 5.74) is 13.0. The van der Waals surface area contributed by atoms with Crippen molar-refractivity contribution < 1.29 is 0 Å². The molecule has 0 saturated carbocycles. The van der Waals surface area contributed by atoms with Gasteiger partial charge < -0.3 is 15.7 Å². The van der Waals surface area contributed by atoms with E-state index in [9.17, 15) is 0 Å². The number of aromatic nitrogens is 2. The molecule has 0 spiro atoms. The van der Waals surface area contributed by atoms with E-state index < -0.39 is 0 Å². The van der Waals surface area contributed by atoms with Crippen molar-refractivity contribution in [2.24, 2.45) is 11.7 Å². The predicted molar refractivity (Wildman–Crippen MR) is 95.8 cm³/mol. The van der Waals surface area contributed by atoms with Crippen molar-refractivity contribution in [3.63, 3.8) is 0 Å². The first-order valence-corrected chi connectivity index (χ1v) is 8.18. The number of para-hydroxylation sites is 1. The lowest BCUT2D eigenvalue weighted by Crippen LogP contribution is -2.23. The topological polar surface area (TPSA) is 67.7 Å². The third-order valence-corrected chi connectivity index (χ3v) is 4.74. The van der Waals surface area contributed by atoms with Crippen molar-refractivity contribution in [3.05, 3.63) is 70.5 Å². The van der Waals surface area contributed by atoms with Crippen LogP contribution in [0.1, 0.15) is 23.9 Å². The van der Waals surface area contributed by atoms with Gasteiger partial charge in [0.1, 0.15) is 0 Å². The van der Waals surface area contributed by atoms with Crippen LogP contribution in [0.2, 0.25) is 0 Å². The molecule has 0 amide bonds. The van der Waals surface area contributed by atoms with E-state index in [1.165, 1.54) is 0 Å². The van der Waals surface area contributed by atoms with Crippen LogP contribution in [0.4, 0.5) is 0 Å². The van der Waals surface area contributed by atoms with Crippen LogP contribution in [0, 0.1) is 18.3 Å². The number of allylic oxidation sites excluding steroid dienone is 1. The van der Waals surface area contributed by atoms with Gasteiger partial charge in [-0.3, -0.25) is 0 Å². The van der Waals surface area contributed by atoms with Gasteiger partial charge in [0, 0.05) is 17.3 Å². The molecule has 2 aliphatic carbocycles. The summed E-state index contributed by atoms with van der Waals surface area (Å²) in [5.74, 6) is 0.295. The number of hydrogen-bond donors (Lipinski definition) is 2. The molecule has 3 N–H and O–H groups in total. The minimum absolute atomic E-state index is 0.295. The quantitative estimate of drug-likeness (QED) is 0.723. The molecule has 1 unspecified atom stereocenters. The average Bonchev–Trinajstić information content (AvgIpc) is 2.57. The number of aryl methyl sites for hydroxylation is 1. The summed E-state index contributed by atoms with van der Waals surface area (Å²) in [5, 5.41) is 8.71. The molecule has 4 heteroatoms. The average molecular weight is 316 g/mol. The van der Waals surface area contributed by atoms with Crippen LogP contribution in [-0.4, -0.2) is 9.55 Å². The summed E-state index contributed by atoms with van der Waals surface area (Å²) in [7, 11) is 0. The number of nitrogens with zero attached hydrogens (tertiary/aromatic N) is 2. The van der Waals surface area contributed by atoms with Crippen molar-refractivity contribution in [3.8, 4) is 17.1 Å². The van der Waals surface area contributed by atoms with E-state index in [2.05, 4.69) is 23.6 Å². The van der Waals surface area contributed by atoms with Crippen LogP contribution in [0.5, 0.6) is 0 Å². The van der Waals surface area contributed by atoms with Crippen molar-refractivity contribution in [1.29, 1.82) is 5.41 Å². The molecule has 1 aliphatic heterocycles. The highest BCUT2D eigenvalue weighted by Gasteiger charge is 2.24. The first kappa shape index (κ1) is 14.7. The van der Waals surface area contributed by atoms with E-state index in [0.29, 0.717) is 11.3 Å². The van der Waals surface area contributed by atoms with Gasteiger partial charge in [-0.05, 0) is 49.2 Å². The number of fused-ring (bicyclic) bond motifs is 2. The molecule has 120 valence electrons. The molecular formula is C20H20N4. The van der Waals surface area contributed by atoms with Gasteiger partial charge in [-0.15, -0.1) is 0 Å². The highest BCUT2D eigenvalue weighted by Crippen LogP contribution is 2.32. The van der Waals surface area contributed by atoms with Gasteiger partial charge in [0.25, 0.3) is 0 Å². The van der Waals surface area contributed by atoms with Gasteiger partial charge >= 0.3 is 0 Å². The van der Waals surface area contributed by atoms with Crippen LogP contribution in [0.25, 0.3) is 23.2 Å². The highest BCUT2D eigenvalue weighted by molar-refractivity contribution is 5.68. The number of hydrogen-bond acceptors (Lipinski definition) is 3. The lowest BCUT2D eigenvalue weighted by Gasteiger charge is -2.27. The minimum Gasteiger partial charge on any atom is -0.402 e. The Morgan fingerprint density at radius 2 is 1.96 bits per heavy atom. The molecule has 24 heavy (non-hydrogen) atoms. The molecule has 0 aromatic heterocycles. The normalized spacial score (nSPS) is 16.8. The summed E-state index contributed by atoms with van der Waals surface area (Å²) in [6.45, 7) is 4.09. The maximum atomic E-state index is 8.19. The molecule has 0 fully saturated rings. The van der Waals surface area contributed by atoms with Crippen molar-refractivity contribution >= 4 is 6.08 Å². The Bertz CT molecular complexity index is 983. The predicted octanol–water partition coefficient (Wildman–Crippen LogP) is 3.26. The zero-order valence-electron chi connectivity index (χ0n) is 13.9. The van der Waals surface area contributed by atoms with Gasteiger partial charge in [0.15, 0.2) is 0 Å². The van der Waals surface area contributed by atoms with Gasteiger partial charge in [-0.25, -0.2) is 4.98 Å². The minimum atomic E-state index is 0.295. The Morgan fingerprint density at radius 3 is 2.71 bits per heavy atom. The SMILES string of the molecule is Cc1cc2nc3c(n(-c4ccccc4)c-2cc1=N)C=C(N)C(C)C3. The molecule has 1 aromatic rings. The maximum absolute atomic E-state index is 8.19. The van der Waals surface area contributed by atoms with Gasteiger partial charge in [-0.2, -0.15) is 0 Å². The molecule has 0 bridgehead atoms. The van der Waals surface area contributed by atoms with Crippen LogP contribution in [0.15, 0.2) is 48.2 Å². The fraction of sp³-hybridized carbons (Fsp3) is 0.200. The van der Waals surface area contributed by atoms with E-state index in [4.69, 9.17) is 16.1 Å².